The van der Waals surface area contributed by atoms with Crippen LogP contribution < -0.4 is 5.32 Å². The minimum absolute atomic E-state index is 0.173. The van der Waals surface area contributed by atoms with Gasteiger partial charge in [0.15, 0.2) is 0 Å². The molecular weight excluding hydrogens is 282 g/mol. The molecule has 0 rings (SSSR count). The third-order valence-corrected chi connectivity index (χ3v) is 5.00. The van der Waals surface area contributed by atoms with Crippen molar-refractivity contribution in [3.05, 3.63) is 0 Å². The second-order valence-electron chi connectivity index (χ2n) is 7.81. The van der Waals surface area contributed by atoms with E-state index in [1.165, 1.54) is 89.9 Å². The van der Waals surface area contributed by atoms with Crippen molar-refractivity contribution in [3.63, 3.8) is 0 Å². The molecule has 0 aliphatic heterocycles. The van der Waals surface area contributed by atoms with E-state index >= 15 is 0 Å². The normalized spacial score (nSPS) is 11.7. The largest absolute Gasteiger partial charge is 0.359 e. The van der Waals surface area contributed by atoms with Crippen LogP contribution in [-0.4, -0.2) is 13.0 Å². The van der Waals surface area contributed by atoms with Crippen molar-refractivity contribution in [1.82, 2.24) is 5.32 Å². The van der Waals surface area contributed by atoms with Crippen molar-refractivity contribution in [1.29, 1.82) is 0 Å². The molecule has 1 amide bonds. The van der Waals surface area contributed by atoms with Crippen molar-refractivity contribution >= 4 is 5.91 Å². The molecule has 0 heterocycles. The zero-order chi connectivity index (χ0) is 17.4. The molecule has 2 heteroatoms. The van der Waals surface area contributed by atoms with Crippen LogP contribution >= 0.6 is 0 Å². The maximum atomic E-state index is 11.7. The monoisotopic (exact) mass is 325 g/mol. The average molecular weight is 326 g/mol. The zero-order valence-corrected chi connectivity index (χ0v) is 16.5. The van der Waals surface area contributed by atoms with Gasteiger partial charge in [0.05, 0.1) is 0 Å². The second kappa shape index (κ2) is 15.0. The van der Waals surface area contributed by atoms with Crippen LogP contribution in [0, 0.1) is 5.41 Å². The number of carbonyl (C=O) groups is 1. The maximum absolute atomic E-state index is 11.7. The molecule has 23 heavy (non-hydrogen) atoms. The van der Waals surface area contributed by atoms with Crippen LogP contribution in [0.15, 0.2) is 0 Å². The van der Waals surface area contributed by atoms with Crippen LogP contribution in [0.25, 0.3) is 0 Å². The van der Waals surface area contributed by atoms with Crippen molar-refractivity contribution in [2.75, 3.05) is 7.05 Å². The molecule has 0 atom stereocenters. The smallest absolute Gasteiger partial charge is 0.225 e. The Bertz CT molecular complexity index is 273. The van der Waals surface area contributed by atoms with Crippen molar-refractivity contribution in [3.8, 4) is 0 Å². The molecular formula is C21H43NO. The van der Waals surface area contributed by atoms with Crippen molar-refractivity contribution < 1.29 is 4.79 Å². The standard InChI is InChI=1S/C21H43NO/c1-5-6-7-8-9-10-11-12-13-14-15-16-17-18-19-21(2,3)20(23)22-4/h5-19H2,1-4H3,(H,22,23). The highest BCUT2D eigenvalue weighted by Crippen LogP contribution is 2.24. The lowest BCUT2D eigenvalue weighted by Crippen LogP contribution is -2.34. The fraction of sp³-hybridized carbons (Fsp3) is 0.952. The number of carbonyl (C=O) groups excluding carboxylic acids is 1. The van der Waals surface area contributed by atoms with E-state index in [1.807, 2.05) is 13.8 Å². The van der Waals surface area contributed by atoms with Crippen molar-refractivity contribution in [2.24, 2.45) is 5.41 Å². The van der Waals surface area contributed by atoms with Gasteiger partial charge in [-0.25, -0.2) is 0 Å². The third-order valence-electron chi connectivity index (χ3n) is 5.00. The van der Waals surface area contributed by atoms with E-state index in [-0.39, 0.29) is 11.3 Å². The maximum Gasteiger partial charge on any atom is 0.225 e. The van der Waals surface area contributed by atoms with Gasteiger partial charge >= 0.3 is 0 Å². The molecule has 0 unspecified atom stereocenters. The molecule has 0 saturated heterocycles. The highest BCUT2D eigenvalue weighted by atomic mass is 16.2. The summed E-state index contributed by atoms with van der Waals surface area (Å²) in [6.07, 6.45) is 20.4. The minimum Gasteiger partial charge on any atom is -0.359 e. The molecule has 1 N–H and O–H groups in total. The van der Waals surface area contributed by atoms with Gasteiger partial charge in [-0.05, 0) is 6.42 Å². The molecule has 0 bridgehead atoms. The van der Waals surface area contributed by atoms with E-state index in [9.17, 15) is 4.79 Å². The van der Waals surface area contributed by atoms with Crippen LogP contribution in [0.1, 0.15) is 117 Å². The summed E-state index contributed by atoms with van der Waals surface area (Å²) >= 11 is 0. The molecule has 0 fully saturated rings. The number of hydrogen-bond acceptors (Lipinski definition) is 1. The Morgan fingerprint density at radius 1 is 0.696 bits per heavy atom. The fourth-order valence-electron chi connectivity index (χ4n) is 3.21. The molecule has 0 aliphatic carbocycles. The summed E-state index contributed by atoms with van der Waals surface area (Å²) < 4.78 is 0. The third kappa shape index (κ3) is 13.6. The van der Waals surface area contributed by atoms with E-state index in [4.69, 9.17) is 0 Å². The lowest BCUT2D eigenvalue weighted by atomic mass is 9.86. The summed E-state index contributed by atoms with van der Waals surface area (Å²) in [5.41, 5.74) is -0.203. The molecule has 0 aromatic rings. The average Bonchev–Trinajstić information content (AvgIpc) is 2.54. The van der Waals surface area contributed by atoms with Gasteiger partial charge in [0, 0.05) is 12.5 Å². The first-order chi connectivity index (χ1) is 11.0. The Balaban J connectivity index is 3.24. The summed E-state index contributed by atoms with van der Waals surface area (Å²) in [7, 11) is 1.73. The van der Waals surface area contributed by atoms with Crippen LogP contribution in [0.4, 0.5) is 0 Å². The lowest BCUT2D eigenvalue weighted by Gasteiger charge is -2.22. The van der Waals surface area contributed by atoms with Gasteiger partial charge in [0.1, 0.15) is 0 Å². The number of hydrogen-bond donors (Lipinski definition) is 1. The molecule has 0 saturated carbocycles. The zero-order valence-electron chi connectivity index (χ0n) is 16.5. The van der Waals surface area contributed by atoms with Gasteiger partial charge in [0.2, 0.25) is 5.91 Å². The summed E-state index contributed by atoms with van der Waals surface area (Å²) in [4.78, 5) is 11.7. The molecule has 0 aromatic heterocycles. The SMILES string of the molecule is CCCCCCCCCCCCCCCCC(C)(C)C(=O)NC. The Morgan fingerprint density at radius 3 is 1.39 bits per heavy atom. The van der Waals surface area contributed by atoms with Crippen LogP contribution in [0.5, 0.6) is 0 Å². The molecule has 0 aliphatic rings. The number of unbranched alkanes of at least 4 members (excludes halogenated alkanes) is 13. The highest BCUT2D eigenvalue weighted by molar-refractivity contribution is 5.81. The van der Waals surface area contributed by atoms with E-state index in [0.29, 0.717) is 0 Å². The number of amides is 1. The van der Waals surface area contributed by atoms with E-state index in [2.05, 4.69) is 12.2 Å². The fourth-order valence-corrected chi connectivity index (χ4v) is 3.21. The van der Waals surface area contributed by atoms with Gasteiger partial charge in [-0.2, -0.15) is 0 Å². The van der Waals surface area contributed by atoms with Gasteiger partial charge in [-0.1, -0.05) is 111 Å². The molecule has 0 aromatic carbocycles. The first-order valence-corrected chi connectivity index (χ1v) is 10.3. The predicted octanol–water partition coefficient (Wildman–Crippen LogP) is 6.63. The van der Waals surface area contributed by atoms with E-state index in [1.54, 1.807) is 7.05 Å². The Labute approximate surface area is 146 Å². The first-order valence-electron chi connectivity index (χ1n) is 10.3. The van der Waals surface area contributed by atoms with Gasteiger partial charge in [0.25, 0.3) is 0 Å². The Hall–Kier alpha value is -0.530. The van der Waals surface area contributed by atoms with Gasteiger partial charge in [-0.15, -0.1) is 0 Å². The summed E-state index contributed by atoms with van der Waals surface area (Å²) in [5, 5.41) is 2.77. The second-order valence-corrected chi connectivity index (χ2v) is 7.81. The topological polar surface area (TPSA) is 29.1 Å². The number of rotatable bonds is 16. The quantitative estimate of drug-likeness (QED) is 0.317. The molecule has 2 nitrogen and oxygen atoms in total. The van der Waals surface area contributed by atoms with Crippen LogP contribution in [0.2, 0.25) is 0 Å². The summed E-state index contributed by atoms with van der Waals surface area (Å²) in [6.45, 7) is 6.38. The van der Waals surface area contributed by atoms with Gasteiger partial charge < -0.3 is 5.32 Å². The molecule has 0 spiro atoms. The first kappa shape index (κ1) is 22.5. The van der Waals surface area contributed by atoms with Gasteiger partial charge in [-0.3, -0.25) is 4.79 Å². The Morgan fingerprint density at radius 2 is 1.04 bits per heavy atom. The minimum atomic E-state index is -0.203. The summed E-state index contributed by atoms with van der Waals surface area (Å²) in [6, 6.07) is 0. The van der Waals surface area contributed by atoms with Crippen molar-refractivity contribution in [2.45, 2.75) is 117 Å². The molecule has 0 radical (unpaired) electrons. The summed E-state index contributed by atoms with van der Waals surface area (Å²) in [5.74, 6) is 0.173. The van der Waals surface area contributed by atoms with Crippen LogP contribution in [-0.2, 0) is 4.79 Å². The highest BCUT2D eigenvalue weighted by Gasteiger charge is 2.25. The van der Waals surface area contributed by atoms with Crippen LogP contribution in [0.3, 0.4) is 0 Å². The van der Waals surface area contributed by atoms with E-state index < -0.39 is 0 Å². The number of nitrogens with one attached hydrogen (secondary N) is 1. The predicted molar refractivity (Wildman–Crippen MR) is 103 cm³/mol. The molecule has 138 valence electrons. The Kier molecular flexibility index (Phi) is 14.7. The lowest BCUT2D eigenvalue weighted by molar-refractivity contribution is -0.129. The van der Waals surface area contributed by atoms with E-state index in [0.717, 1.165) is 6.42 Å².